The van der Waals surface area contributed by atoms with E-state index < -0.39 is 0 Å². The Bertz CT molecular complexity index is 373. The minimum Gasteiger partial charge on any atom is -0.305 e. The molecule has 0 aromatic carbocycles. The Morgan fingerprint density at radius 3 is 2.63 bits per heavy atom. The van der Waals surface area contributed by atoms with Crippen LogP contribution in [0.4, 0.5) is 0 Å². The molecule has 5 nitrogen and oxygen atoms in total. The summed E-state index contributed by atoms with van der Waals surface area (Å²) in [6, 6.07) is 0. The minimum absolute atomic E-state index is 0.0974. The monoisotopic (exact) mass is 265 g/mol. The summed E-state index contributed by atoms with van der Waals surface area (Å²) < 4.78 is 1.97. The lowest BCUT2D eigenvalue weighted by Gasteiger charge is -2.22. The highest BCUT2D eigenvalue weighted by Crippen LogP contribution is 2.26. The smallest absolute Gasteiger partial charge is 0.165 e. The average molecular weight is 265 g/mol. The molecule has 0 saturated heterocycles. The van der Waals surface area contributed by atoms with Crippen molar-refractivity contribution >= 4 is 0 Å². The van der Waals surface area contributed by atoms with Crippen molar-refractivity contribution in [3.63, 3.8) is 0 Å². The van der Waals surface area contributed by atoms with E-state index in [-0.39, 0.29) is 5.54 Å². The Labute approximate surface area is 116 Å². The highest BCUT2D eigenvalue weighted by Gasteiger charge is 2.16. The lowest BCUT2D eigenvalue weighted by Crippen LogP contribution is -2.36. The second-order valence-corrected chi connectivity index (χ2v) is 6.71. The van der Waals surface area contributed by atoms with Crippen LogP contribution in [-0.2, 0) is 13.1 Å². The fourth-order valence-electron chi connectivity index (χ4n) is 2.65. The van der Waals surface area contributed by atoms with E-state index >= 15 is 0 Å². The van der Waals surface area contributed by atoms with Crippen LogP contribution in [0, 0.1) is 5.92 Å². The first-order valence-electron chi connectivity index (χ1n) is 7.55. The van der Waals surface area contributed by atoms with Crippen LogP contribution >= 0.6 is 0 Å². The summed E-state index contributed by atoms with van der Waals surface area (Å²) in [5, 5.41) is 15.5. The zero-order chi connectivity index (χ0) is 13.7. The predicted molar refractivity (Wildman–Crippen MR) is 75.6 cm³/mol. The van der Waals surface area contributed by atoms with Crippen molar-refractivity contribution in [3.05, 3.63) is 5.82 Å². The molecule has 0 atom stereocenters. The first-order valence-corrected chi connectivity index (χ1v) is 7.55. The fraction of sp³-hybridized carbons (Fsp3) is 0.929. The Morgan fingerprint density at radius 2 is 1.95 bits per heavy atom. The maximum absolute atomic E-state index is 4.12. The van der Waals surface area contributed by atoms with E-state index in [9.17, 15) is 0 Å². The number of aryl methyl sites for hydroxylation is 1. The van der Waals surface area contributed by atoms with Gasteiger partial charge >= 0.3 is 0 Å². The normalized spacial score (nSPS) is 17.8. The number of hydrogen-bond acceptors (Lipinski definition) is 4. The third kappa shape index (κ3) is 4.90. The molecule has 0 unspecified atom stereocenters. The zero-order valence-corrected chi connectivity index (χ0v) is 12.5. The maximum Gasteiger partial charge on any atom is 0.165 e. The van der Waals surface area contributed by atoms with Crippen molar-refractivity contribution in [1.29, 1.82) is 0 Å². The van der Waals surface area contributed by atoms with Gasteiger partial charge in [-0.2, -0.15) is 0 Å². The number of rotatable bonds is 5. The summed E-state index contributed by atoms with van der Waals surface area (Å²) in [5.41, 5.74) is 0.0974. The molecule has 19 heavy (non-hydrogen) atoms. The van der Waals surface area contributed by atoms with E-state index in [0.717, 1.165) is 24.8 Å². The van der Waals surface area contributed by atoms with Crippen molar-refractivity contribution in [2.24, 2.45) is 5.92 Å². The van der Waals surface area contributed by atoms with Crippen LogP contribution in [0.2, 0.25) is 0 Å². The van der Waals surface area contributed by atoms with Crippen LogP contribution in [0.3, 0.4) is 0 Å². The van der Waals surface area contributed by atoms with Gasteiger partial charge in [-0.15, -0.1) is 5.10 Å². The van der Waals surface area contributed by atoms with Crippen molar-refractivity contribution in [3.8, 4) is 0 Å². The second-order valence-electron chi connectivity index (χ2n) is 6.71. The highest BCUT2D eigenvalue weighted by molar-refractivity contribution is 4.83. The Kier molecular flexibility index (Phi) is 4.91. The Morgan fingerprint density at radius 1 is 1.21 bits per heavy atom. The number of nitrogens with one attached hydrogen (secondary N) is 1. The quantitative estimate of drug-likeness (QED) is 0.889. The lowest BCUT2D eigenvalue weighted by molar-refractivity contribution is 0.313. The van der Waals surface area contributed by atoms with Crippen LogP contribution in [-0.4, -0.2) is 25.7 Å². The number of nitrogens with zero attached hydrogens (tertiary/aromatic N) is 4. The largest absolute Gasteiger partial charge is 0.305 e. The van der Waals surface area contributed by atoms with Gasteiger partial charge in [0.15, 0.2) is 5.82 Å². The molecule has 0 bridgehead atoms. The van der Waals surface area contributed by atoms with Gasteiger partial charge in [0.25, 0.3) is 0 Å². The van der Waals surface area contributed by atoms with Gasteiger partial charge in [0.05, 0.1) is 6.54 Å². The number of hydrogen-bond donors (Lipinski definition) is 1. The molecule has 1 saturated carbocycles. The summed E-state index contributed by atoms with van der Waals surface area (Å²) in [4.78, 5) is 0. The van der Waals surface area contributed by atoms with Crippen molar-refractivity contribution in [1.82, 2.24) is 25.5 Å². The van der Waals surface area contributed by atoms with Gasteiger partial charge in [-0.05, 0) is 43.5 Å². The molecule has 1 N–H and O–H groups in total. The molecule has 1 heterocycles. The Balaban J connectivity index is 1.81. The van der Waals surface area contributed by atoms with Gasteiger partial charge in [0.1, 0.15) is 0 Å². The van der Waals surface area contributed by atoms with Gasteiger partial charge < -0.3 is 5.32 Å². The van der Waals surface area contributed by atoms with E-state index in [1.54, 1.807) is 0 Å². The van der Waals surface area contributed by atoms with Gasteiger partial charge in [0, 0.05) is 12.1 Å². The third-order valence-electron chi connectivity index (χ3n) is 3.86. The second kappa shape index (κ2) is 6.46. The zero-order valence-electron chi connectivity index (χ0n) is 12.5. The van der Waals surface area contributed by atoms with Gasteiger partial charge in [-0.3, -0.25) is 0 Å². The number of tetrazole rings is 1. The fourth-order valence-corrected chi connectivity index (χ4v) is 2.65. The first-order chi connectivity index (χ1) is 9.04. The van der Waals surface area contributed by atoms with Crippen LogP contribution in [0.15, 0.2) is 0 Å². The molecule has 1 aromatic heterocycles. The molecule has 0 aliphatic heterocycles. The molecule has 1 aliphatic rings. The van der Waals surface area contributed by atoms with E-state index in [1.807, 2.05) is 4.68 Å². The molecular formula is C14H27N5. The molecule has 0 radical (unpaired) electrons. The molecular weight excluding hydrogens is 238 g/mol. The number of aromatic nitrogens is 4. The van der Waals surface area contributed by atoms with Crippen LogP contribution in [0.5, 0.6) is 0 Å². The van der Waals surface area contributed by atoms with E-state index in [4.69, 9.17) is 0 Å². The van der Waals surface area contributed by atoms with E-state index in [0.29, 0.717) is 0 Å². The Hall–Kier alpha value is -0.970. The molecule has 108 valence electrons. The first kappa shape index (κ1) is 14.4. The van der Waals surface area contributed by atoms with Crippen LogP contribution < -0.4 is 5.32 Å². The van der Waals surface area contributed by atoms with Crippen molar-refractivity contribution < 1.29 is 0 Å². The molecule has 0 amide bonds. The van der Waals surface area contributed by atoms with Crippen molar-refractivity contribution in [2.45, 2.75) is 77.9 Å². The molecule has 5 heteroatoms. The van der Waals surface area contributed by atoms with E-state index in [2.05, 4.69) is 41.6 Å². The summed E-state index contributed by atoms with van der Waals surface area (Å²) >= 11 is 0. The van der Waals surface area contributed by atoms with Crippen molar-refractivity contribution in [2.75, 3.05) is 0 Å². The van der Waals surface area contributed by atoms with E-state index in [1.165, 1.54) is 38.5 Å². The van der Waals surface area contributed by atoms with Gasteiger partial charge in [-0.25, -0.2) is 4.68 Å². The summed E-state index contributed by atoms with van der Waals surface area (Å²) in [6.45, 7) is 8.16. The van der Waals surface area contributed by atoms with Gasteiger partial charge in [0.2, 0.25) is 0 Å². The molecule has 1 fully saturated rings. The molecule has 1 aliphatic carbocycles. The average Bonchev–Trinajstić information content (AvgIpc) is 2.82. The standard InChI is InChI=1S/C14H27N5/c1-14(2,3)15-11-13-16-17-18-19(13)10-9-12-7-5-4-6-8-12/h12,15H,4-11H2,1-3H3. The molecule has 0 spiro atoms. The molecule has 2 rings (SSSR count). The summed E-state index contributed by atoms with van der Waals surface area (Å²) in [7, 11) is 0. The summed E-state index contributed by atoms with van der Waals surface area (Å²) in [6.07, 6.45) is 8.21. The SMILES string of the molecule is CC(C)(C)NCc1nnnn1CCC1CCCCC1. The van der Waals surface area contributed by atoms with Gasteiger partial charge in [-0.1, -0.05) is 32.1 Å². The molecule has 1 aromatic rings. The predicted octanol–water partition coefficient (Wildman–Crippen LogP) is 2.53. The topological polar surface area (TPSA) is 55.6 Å². The maximum atomic E-state index is 4.12. The lowest BCUT2D eigenvalue weighted by atomic mass is 9.87. The van der Waals surface area contributed by atoms with Crippen LogP contribution in [0.1, 0.15) is 65.1 Å². The summed E-state index contributed by atoms with van der Waals surface area (Å²) in [5.74, 6) is 1.83. The minimum atomic E-state index is 0.0974. The third-order valence-corrected chi connectivity index (χ3v) is 3.86. The highest BCUT2D eigenvalue weighted by atomic mass is 15.5. The van der Waals surface area contributed by atoms with Crippen LogP contribution in [0.25, 0.3) is 0 Å².